The second-order valence-electron chi connectivity index (χ2n) is 5.09. The summed E-state index contributed by atoms with van der Waals surface area (Å²) in [5, 5.41) is 11.9. The van der Waals surface area contributed by atoms with Crippen LogP contribution in [0.2, 0.25) is 5.02 Å². The standard InChI is InChI=1S/C16H16ClN5O/c1-2-21-10-13(7-18-21)16(23)20-15-8-19-22(11-15)9-12-3-5-14(17)6-4-12/h3-8,10-11H,2,9H2,1H3,(H,20,23). The van der Waals surface area contributed by atoms with Gasteiger partial charge in [0.2, 0.25) is 0 Å². The normalized spacial score (nSPS) is 10.7. The Hall–Kier alpha value is -2.60. The maximum absolute atomic E-state index is 12.1. The molecule has 0 bridgehead atoms. The monoisotopic (exact) mass is 329 g/mol. The number of nitrogens with one attached hydrogen (secondary N) is 1. The summed E-state index contributed by atoms with van der Waals surface area (Å²) < 4.78 is 3.47. The van der Waals surface area contributed by atoms with Gasteiger partial charge in [0, 0.05) is 24.0 Å². The van der Waals surface area contributed by atoms with Crippen molar-refractivity contribution in [3.63, 3.8) is 0 Å². The summed E-state index contributed by atoms with van der Waals surface area (Å²) in [6.45, 7) is 3.31. The van der Waals surface area contributed by atoms with Crippen molar-refractivity contribution < 1.29 is 4.79 Å². The van der Waals surface area contributed by atoms with Crippen LogP contribution in [0.3, 0.4) is 0 Å². The molecule has 1 amide bonds. The van der Waals surface area contributed by atoms with Crippen LogP contribution in [0.15, 0.2) is 49.1 Å². The number of amides is 1. The molecule has 118 valence electrons. The fourth-order valence-corrected chi connectivity index (χ4v) is 2.27. The number of nitrogens with zero attached hydrogens (tertiary/aromatic N) is 4. The van der Waals surface area contributed by atoms with Gasteiger partial charge in [-0.1, -0.05) is 23.7 Å². The van der Waals surface area contributed by atoms with Gasteiger partial charge in [-0.15, -0.1) is 0 Å². The predicted octanol–water partition coefficient (Wildman–Crippen LogP) is 3.05. The lowest BCUT2D eigenvalue weighted by molar-refractivity contribution is 0.102. The Bertz CT molecular complexity index is 806. The number of anilines is 1. The Morgan fingerprint density at radius 1 is 1.13 bits per heavy atom. The van der Waals surface area contributed by atoms with E-state index in [1.807, 2.05) is 31.2 Å². The molecule has 0 saturated heterocycles. The molecule has 3 rings (SSSR count). The second-order valence-corrected chi connectivity index (χ2v) is 5.53. The average molecular weight is 330 g/mol. The molecule has 3 aromatic rings. The first kappa shape index (κ1) is 15.3. The Morgan fingerprint density at radius 3 is 2.57 bits per heavy atom. The molecule has 0 aliphatic heterocycles. The third kappa shape index (κ3) is 3.78. The predicted molar refractivity (Wildman–Crippen MR) is 88.6 cm³/mol. The molecule has 0 aliphatic carbocycles. The van der Waals surface area contributed by atoms with Gasteiger partial charge in [0.25, 0.3) is 5.91 Å². The SMILES string of the molecule is CCn1cc(C(=O)Nc2cnn(Cc3ccc(Cl)cc3)c2)cn1. The first-order valence-electron chi connectivity index (χ1n) is 7.25. The molecular formula is C16H16ClN5O. The van der Waals surface area contributed by atoms with Crippen molar-refractivity contribution in [2.45, 2.75) is 20.0 Å². The molecule has 0 spiro atoms. The van der Waals surface area contributed by atoms with Gasteiger partial charge in [0.1, 0.15) is 0 Å². The third-order valence-electron chi connectivity index (χ3n) is 3.37. The molecule has 1 aromatic carbocycles. The van der Waals surface area contributed by atoms with Crippen LogP contribution in [0.25, 0.3) is 0 Å². The zero-order chi connectivity index (χ0) is 16.2. The van der Waals surface area contributed by atoms with Crippen LogP contribution in [0, 0.1) is 0 Å². The Morgan fingerprint density at radius 2 is 1.87 bits per heavy atom. The van der Waals surface area contributed by atoms with E-state index in [4.69, 9.17) is 11.6 Å². The lowest BCUT2D eigenvalue weighted by Gasteiger charge is -2.02. The molecule has 2 aromatic heterocycles. The van der Waals surface area contributed by atoms with Gasteiger partial charge in [-0.25, -0.2) is 0 Å². The molecule has 0 saturated carbocycles. The third-order valence-corrected chi connectivity index (χ3v) is 3.62. The largest absolute Gasteiger partial charge is 0.319 e. The zero-order valence-electron chi connectivity index (χ0n) is 12.6. The number of hydrogen-bond donors (Lipinski definition) is 1. The van der Waals surface area contributed by atoms with Gasteiger partial charge in [-0.05, 0) is 24.6 Å². The fourth-order valence-electron chi connectivity index (χ4n) is 2.15. The van der Waals surface area contributed by atoms with E-state index in [0.717, 1.165) is 12.1 Å². The quantitative estimate of drug-likeness (QED) is 0.782. The van der Waals surface area contributed by atoms with E-state index >= 15 is 0 Å². The maximum Gasteiger partial charge on any atom is 0.258 e. The van der Waals surface area contributed by atoms with Crippen molar-refractivity contribution in [1.29, 1.82) is 0 Å². The number of halogens is 1. The topological polar surface area (TPSA) is 64.7 Å². The first-order valence-corrected chi connectivity index (χ1v) is 7.62. The summed E-state index contributed by atoms with van der Waals surface area (Å²) in [7, 11) is 0. The lowest BCUT2D eigenvalue weighted by Crippen LogP contribution is -2.10. The molecule has 0 fully saturated rings. The van der Waals surface area contributed by atoms with Gasteiger partial charge in [-0.2, -0.15) is 10.2 Å². The average Bonchev–Trinajstić information content (AvgIpc) is 3.19. The number of carbonyl (C=O) groups is 1. The Kier molecular flexibility index (Phi) is 4.43. The minimum atomic E-state index is -0.198. The van der Waals surface area contributed by atoms with Gasteiger partial charge >= 0.3 is 0 Å². The lowest BCUT2D eigenvalue weighted by atomic mass is 10.2. The molecule has 6 nitrogen and oxygen atoms in total. The maximum atomic E-state index is 12.1. The molecule has 0 aliphatic rings. The highest BCUT2D eigenvalue weighted by molar-refractivity contribution is 6.30. The molecule has 1 N–H and O–H groups in total. The van der Waals surface area contributed by atoms with Gasteiger partial charge < -0.3 is 5.32 Å². The van der Waals surface area contributed by atoms with E-state index in [2.05, 4.69) is 15.5 Å². The van der Waals surface area contributed by atoms with E-state index in [1.54, 1.807) is 34.2 Å². The summed E-state index contributed by atoms with van der Waals surface area (Å²) >= 11 is 5.87. The second kappa shape index (κ2) is 6.66. The van der Waals surface area contributed by atoms with E-state index in [9.17, 15) is 4.79 Å². The highest BCUT2D eigenvalue weighted by Gasteiger charge is 2.10. The molecule has 23 heavy (non-hydrogen) atoms. The Balaban J connectivity index is 1.64. The fraction of sp³-hybridized carbons (Fsp3) is 0.188. The number of aryl methyl sites for hydroxylation is 1. The smallest absolute Gasteiger partial charge is 0.258 e. The van der Waals surface area contributed by atoms with E-state index in [1.165, 1.54) is 0 Å². The molecule has 0 unspecified atom stereocenters. The van der Waals surface area contributed by atoms with E-state index in [-0.39, 0.29) is 5.91 Å². The number of hydrogen-bond acceptors (Lipinski definition) is 3. The molecule has 2 heterocycles. The molecule has 7 heteroatoms. The number of aromatic nitrogens is 4. The van der Waals surface area contributed by atoms with E-state index in [0.29, 0.717) is 22.8 Å². The zero-order valence-corrected chi connectivity index (χ0v) is 13.4. The van der Waals surface area contributed by atoms with Crippen molar-refractivity contribution in [2.75, 3.05) is 5.32 Å². The van der Waals surface area contributed by atoms with Crippen molar-refractivity contribution in [2.24, 2.45) is 0 Å². The molecule has 0 atom stereocenters. The molecule has 0 radical (unpaired) electrons. The van der Waals surface area contributed by atoms with Crippen molar-refractivity contribution in [3.05, 3.63) is 65.2 Å². The summed E-state index contributed by atoms with van der Waals surface area (Å²) in [4.78, 5) is 12.1. The van der Waals surface area contributed by atoms with Crippen LogP contribution in [0.4, 0.5) is 5.69 Å². The minimum absolute atomic E-state index is 0.198. The highest BCUT2D eigenvalue weighted by Crippen LogP contribution is 2.12. The number of rotatable bonds is 5. The number of benzene rings is 1. The van der Waals surface area contributed by atoms with Crippen molar-refractivity contribution >= 4 is 23.2 Å². The Labute approximate surface area is 138 Å². The van der Waals surface area contributed by atoms with Crippen LogP contribution in [-0.4, -0.2) is 25.5 Å². The van der Waals surface area contributed by atoms with Crippen LogP contribution in [0.5, 0.6) is 0 Å². The van der Waals surface area contributed by atoms with Crippen LogP contribution < -0.4 is 5.32 Å². The van der Waals surface area contributed by atoms with Crippen LogP contribution in [0.1, 0.15) is 22.8 Å². The minimum Gasteiger partial charge on any atom is -0.319 e. The summed E-state index contributed by atoms with van der Waals surface area (Å²) in [5.41, 5.74) is 2.25. The van der Waals surface area contributed by atoms with Gasteiger partial charge in [-0.3, -0.25) is 14.2 Å². The first-order chi connectivity index (χ1) is 11.1. The summed E-state index contributed by atoms with van der Waals surface area (Å²) in [6, 6.07) is 7.58. The van der Waals surface area contributed by atoms with E-state index < -0.39 is 0 Å². The summed E-state index contributed by atoms with van der Waals surface area (Å²) in [6.07, 6.45) is 6.68. The van der Waals surface area contributed by atoms with Crippen LogP contribution >= 0.6 is 11.6 Å². The van der Waals surface area contributed by atoms with Gasteiger partial charge in [0.05, 0.1) is 30.2 Å². The van der Waals surface area contributed by atoms with Crippen LogP contribution in [-0.2, 0) is 13.1 Å². The van der Waals surface area contributed by atoms with Crippen molar-refractivity contribution in [3.8, 4) is 0 Å². The molecular weight excluding hydrogens is 314 g/mol. The van der Waals surface area contributed by atoms with Crippen molar-refractivity contribution in [1.82, 2.24) is 19.6 Å². The highest BCUT2D eigenvalue weighted by atomic mass is 35.5. The van der Waals surface area contributed by atoms with Gasteiger partial charge in [0.15, 0.2) is 0 Å². The number of carbonyl (C=O) groups excluding carboxylic acids is 1. The summed E-state index contributed by atoms with van der Waals surface area (Å²) in [5.74, 6) is -0.198.